The SMILES string of the molecule is CC(C)n1ncnc1CC(CBr)(CBr)c1ccc(F)cc1. The minimum Gasteiger partial charge on any atom is -0.248 e. The number of rotatable bonds is 6. The fraction of sp³-hybridized carbons (Fsp3) is 0.467. The fourth-order valence-corrected chi connectivity index (χ4v) is 4.30. The van der Waals surface area contributed by atoms with E-state index in [0.29, 0.717) is 0 Å². The van der Waals surface area contributed by atoms with E-state index < -0.39 is 0 Å². The molecule has 0 saturated heterocycles. The highest BCUT2D eigenvalue weighted by Crippen LogP contribution is 2.33. The van der Waals surface area contributed by atoms with Crippen LogP contribution in [0, 0.1) is 5.82 Å². The van der Waals surface area contributed by atoms with Crippen LogP contribution < -0.4 is 0 Å². The van der Waals surface area contributed by atoms with Crippen molar-refractivity contribution >= 4 is 31.9 Å². The Morgan fingerprint density at radius 2 is 1.81 bits per heavy atom. The van der Waals surface area contributed by atoms with Gasteiger partial charge in [0, 0.05) is 28.5 Å². The lowest BCUT2D eigenvalue weighted by atomic mass is 9.81. The van der Waals surface area contributed by atoms with Gasteiger partial charge in [0.15, 0.2) is 0 Å². The van der Waals surface area contributed by atoms with Crippen LogP contribution in [0.3, 0.4) is 0 Å². The maximum Gasteiger partial charge on any atom is 0.138 e. The molecular formula is C15H18Br2FN3. The van der Waals surface area contributed by atoms with Gasteiger partial charge in [-0.3, -0.25) is 0 Å². The summed E-state index contributed by atoms with van der Waals surface area (Å²) in [4.78, 5) is 4.40. The molecule has 3 nitrogen and oxygen atoms in total. The van der Waals surface area contributed by atoms with Crippen molar-refractivity contribution in [1.82, 2.24) is 14.8 Å². The topological polar surface area (TPSA) is 30.7 Å². The summed E-state index contributed by atoms with van der Waals surface area (Å²) >= 11 is 7.23. The number of aromatic nitrogens is 3. The lowest BCUT2D eigenvalue weighted by molar-refractivity contribution is 0.459. The molecule has 1 aromatic heterocycles. The molecule has 0 spiro atoms. The number of hydrogen-bond donors (Lipinski definition) is 0. The summed E-state index contributed by atoms with van der Waals surface area (Å²) in [5, 5.41) is 5.79. The largest absolute Gasteiger partial charge is 0.248 e. The second kappa shape index (κ2) is 7.01. The maximum atomic E-state index is 13.2. The zero-order chi connectivity index (χ0) is 15.5. The van der Waals surface area contributed by atoms with E-state index in [1.807, 2.05) is 16.8 Å². The predicted octanol–water partition coefficient (Wildman–Crippen LogP) is 4.27. The summed E-state index contributed by atoms with van der Waals surface area (Å²) < 4.78 is 15.1. The van der Waals surface area contributed by atoms with Crippen molar-refractivity contribution in [3.05, 3.63) is 47.8 Å². The molecule has 0 saturated carbocycles. The molecule has 0 aliphatic rings. The molecule has 114 valence electrons. The standard InChI is InChI=1S/C15H18Br2FN3/c1-11(2)21-14(19-10-20-21)7-15(8-16,9-17)12-3-5-13(18)6-4-12/h3-6,10-11H,7-9H2,1-2H3. The minimum absolute atomic E-state index is 0.187. The number of benzene rings is 1. The second-order valence-corrected chi connectivity index (χ2v) is 6.57. The monoisotopic (exact) mass is 417 g/mol. The van der Waals surface area contributed by atoms with Crippen molar-refractivity contribution in [2.75, 3.05) is 10.7 Å². The third-order valence-corrected chi connectivity index (χ3v) is 5.75. The normalized spacial score (nSPS) is 12.1. The highest BCUT2D eigenvalue weighted by molar-refractivity contribution is 9.09. The average Bonchev–Trinajstić information content (AvgIpc) is 2.94. The quantitative estimate of drug-likeness (QED) is 0.656. The van der Waals surface area contributed by atoms with E-state index in [1.165, 1.54) is 12.1 Å². The molecule has 0 unspecified atom stereocenters. The Balaban J connectivity index is 2.38. The second-order valence-electron chi connectivity index (χ2n) is 5.45. The zero-order valence-electron chi connectivity index (χ0n) is 12.1. The summed E-state index contributed by atoms with van der Waals surface area (Å²) in [5.41, 5.74) is 0.892. The Bertz CT molecular complexity index is 577. The predicted molar refractivity (Wildman–Crippen MR) is 89.8 cm³/mol. The van der Waals surface area contributed by atoms with Crippen molar-refractivity contribution in [2.45, 2.75) is 31.7 Å². The van der Waals surface area contributed by atoms with E-state index in [2.05, 4.69) is 55.8 Å². The molecule has 6 heteroatoms. The van der Waals surface area contributed by atoms with Crippen LogP contribution in [0.25, 0.3) is 0 Å². The van der Waals surface area contributed by atoms with Crippen LogP contribution in [-0.4, -0.2) is 25.4 Å². The van der Waals surface area contributed by atoms with Gasteiger partial charge in [0.05, 0.1) is 0 Å². The molecule has 0 N–H and O–H groups in total. The van der Waals surface area contributed by atoms with Crippen molar-refractivity contribution in [1.29, 1.82) is 0 Å². The summed E-state index contributed by atoms with van der Waals surface area (Å²) in [6.45, 7) is 4.17. The molecule has 2 aromatic rings. The van der Waals surface area contributed by atoms with Crippen LogP contribution >= 0.6 is 31.9 Å². The lowest BCUT2D eigenvalue weighted by Gasteiger charge is -2.30. The fourth-order valence-electron chi connectivity index (χ4n) is 2.32. The van der Waals surface area contributed by atoms with Crippen LogP contribution in [0.5, 0.6) is 0 Å². The summed E-state index contributed by atoms with van der Waals surface area (Å²) in [7, 11) is 0. The van der Waals surface area contributed by atoms with Crippen molar-refractivity contribution < 1.29 is 4.39 Å². The smallest absolute Gasteiger partial charge is 0.138 e. The molecule has 1 aromatic carbocycles. The molecule has 0 atom stereocenters. The van der Waals surface area contributed by atoms with Crippen molar-refractivity contribution in [3.8, 4) is 0 Å². The molecule has 2 rings (SSSR count). The summed E-state index contributed by atoms with van der Waals surface area (Å²) in [5.74, 6) is 0.718. The minimum atomic E-state index is -0.220. The van der Waals surface area contributed by atoms with Crippen LogP contribution in [0.4, 0.5) is 4.39 Å². The van der Waals surface area contributed by atoms with E-state index in [1.54, 1.807) is 6.33 Å². The first-order valence-corrected chi connectivity index (χ1v) is 9.03. The Morgan fingerprint density at radius 3 is 2.33 bits per heavy atom. The molecular weight excluding hydrogens is 401 g/mol. The molecule has 0 bridgehead atoms. The van der Waals surface area contributed by atoms with Gasteiger partial charge >= 0.3 is 0 Å². The number of nitrogens with zero attached hydrogens (tertiary/aromatic N) is 3. The van der Waals surface area contributed by atoms with Crippen LogP contribution in [0.15, 0.2) is 30.6 Å². The van der Waals surface area contributed by atoms with Gasteiger partial charge in [0.1, 0.15) is 18.0 Å². The van der Waals surface area contributed by atoms with E-state index in [4.69, 9.17) is 0 Å². The van der Waals surface area contributed by atoms with Gasteiger partial charge in [-0.15, -0.1) is 0 Å². The van der Waals surface area contributed by atoms with Crippen LogP contribution in [0.1, 0.15) is 31.3 Å². The van der Waals surface area contributed by atoms with E-state index in [0.717, 1.165) is 28.5 Å². The van der Waals surface area contributed by atoms with Gasteiger partial charge in [0.25, 0.3) is 0 Å². The molecule has 0 amide bonds. The summed E-state index contributed by atoms with van der Waals surface area (Å²) in [6.07, 6.45) is 2.32. The molecule has 0 radical (unpaired) electrons. The van der Waals surface area contributed by atoms with Gasteiger partial charge in [-0.25, -0.2) is 14.1 Å². The maximum absolute atomic E-state index is 13.2. The third-order valence-electron chi connectivity index (χ3n) is 3.60. The van der Waals surface area contributed by atoms with Crippen LogP contribution in [0.2, 0.25) is 0 Å². The molecule has 0 fully saturated rings. The Morgan fingerprint density at radius 1 is 1.19 bits per heavy atom. The first-order chi connectivity index (χ1) is 10.0. The van der Waals surface area contributed by atoms with Crippen LogP contribution in [-0.2, 0) is 11.8 Å². The number of alkyl halides is 2. The lowest BCUT2D eigenvalue weighted by Crippen LogP contribution is -2.34. The van der Waals surface area contributed by atoms with E-state index in [9.17, 15) is 4.39 Å². The molecule has 1 heterocycles. The van der Waals surface area contributed by atoms with Gasteiger partial charge in [-0.05, 0) is 31.5 Å². The highest BCUT2D eigenvalue weighted by atomic mass is 79.9. The average molecular weight is 419 g/mol. The number of hydrogen-bond acceptors (Lipinski definition) is 2. The highest BCUT2D eigenvalue weighted by Gasteiger charge is 2.32. The van der Waals surface area contributed by atoms with Gasteiger partial charge in [0.2, 0.25) is 0 Å². The first-order valence-electron chi connectivity index (χ1n) is 6.79. The van der Waals surface area contributed by atoms with Gasteiger partial charge in [-0.1, -0.05) is 44.0 Å². The van der Waals surface area contributed by atoms with E-state index in [-0.39, 0.29) is 17.3 Å². The Labute approximate surface area is 141 Å². The Kier molecular flexibility index (Phi) is 5.54. The first kappa shape index (κ1) is 16.6. The Hall–Kier alpha value is -0.750. The van der Waals surface area contributed by atoms with Gasteiger partial charge < -0.3 is 0 Å². The molecule has 0 aliphatic carbocycles. The van der Waals surface area contributed by atoms with Crippen molar-refractivity contribution in [2.24, 2.45) is 0 Å². The zero-order valence-corrected chi connectivity index (χ0v) is 15.2. The number of halogens is 3. The molecule has 0 aliphatic heterocycles. The van der Waals surface area contributed by atoms with Gasteiger partial charge in [-0.2, -0.15) is 5.10 Å². The van der Waals surface area contributed by atoms with Crippen molar-refractivity contribution in [3.63, 3.8) is 0 Å². The van der Waals surface area contributed by atoms with E-state index >= 15 is 0 Å². The molecule has 21 heavy (non-hydrogen) atoms. The summed E-state index contributed by atoms with van der Waals surface area (Å²) in [6, 6.07) is 6.95. The third kappa shape index (κ3) is 3.54.